The molecule has 16 heavy (non-hydrogen) atoms. The van der Waals surface area contributed by atoms with Gasteiger partial charge < -0.3 is 15.1 Å². The minimum Gasteiger partial charge on any atom is -0.407 e. The normalized spacial score (nSPS) is 20.7. The second-order valence-corrected chi connectivity index (χ2v) is 5.98. The maximum absolute atomic E-state index is 11.4. The summed E-state index contributed by atoms with van der Waals surface area (Å²) in [7, 11) is -2.92. The van der Waals surface area contributed by atoms with Crippen molar-refractivity contribution in [3.63, 3.8) is 0 Å². The van der Waals surface area contributed by atoms with Crippen molar-refractivity contribution >= 4 is 15.9 Å². The fourth-order valence-corrected chi connectivity index (χ4v) is 2.86. The fourth-order valence-electron chi connectivity index (χ4n) is 1.58. The average Bonchev–Trinajstić information content (AvgIpc) is 2.64. The molecule has 0 amide bonds. The van der Waals surface area contributed by atoms with Crippen molar-refractivity contribution in [3.8, 4) is 0 Å². The quantitative estimate of drug-likeness (QED) is 0.725. The van der Waals surface area contributed by atoms with Crippen LogP contribution in [0.2, 0.25) is 0 Å². The van der Waals surface area contributed by atoms with E-state index in [4.69, 9.17) is 10.2 Å². The molecule has 1 aliphatic heterocycles. The first kappa shape index (κ1) is 11.3. The molecule has 1 aromatic rings. The average molecular weight is 246 g/mol. The van der Waals surface area contributed by atoms with Crippen molar-refractivity contribution in [2.24, 2.45) is 5.73 Å². The second-order valence-electron chi connectivity index (χ2n) is 3.67. The number of rotatable bonds is 2. The van der Waals surface area contributed by atoms with E-state index >= 15 is 0 Å². The predicted molar refractivity (Wildman–Crippen MR) is 57.7 cm³/mol. The van der Waals surface area contributed by atoms with Crippen LogP contribution in [0.15, 0.2) is 4.42 Å². The topological polar surface area (TPSA) is 102 Å². The summed E-state index contributed by atoms with van der Waals surface area (Å²) in [5.74, 6) is 0.719. The first-order valence-corrected chi connectivity index (χ1v) is 6.91. The molecule has 0 unspecified atom stereocenters. The SMILES string of the molecule is NCc1nnc(N2CCCS(=O)(=O)CC2)o1. The minimum atomic E-state index is -2.92. The summed E-state index contributed by atoms with van der Waals surface area (Å²) in [5, 5.41) is 7.58. The molecule has 1 fully saturated rings. The Morgan fingerprint density at radius 2 is 2.12 bits per heavy atom. The van der Waals surface area contributed by atoms with Gasteiger partial charge in [-0.1, -0.05) is 5.10 Å². The Morgan fingerprint density at radius 1 is 1.31 bits per heavy atom. The van der Waals surface area contributed by atoms with Crippen LogP contribution in [0.5, 0.6) is 0 Å². The summed E-state index contributed by atoms with van der Waals surface area (Å²) in [6.45, 7) is 1.21. The number of nitrogens with two attached hydrogens (primary N) is 1. The van der Waals surface area contributed by atoms with Crippen LogP contribution in [-0.2, 0) is 16.4 Å². The van der Waals surface area contributed by atoms with Crippen molar-refractivity contribution < 1.29 is 12.8 Å². The van der Waals surface area contributed by atoms with Crippen molar-refractivity contribution in [1.29, 1.82) is 0 Å². The highest BCUT2D eigenvalue weighted by atomic mass is 32.2. The maximum Gasteiger partial charge on any atom is 0.318 e. The molecule has 0 aromatic carbocycles. The predicted octanol–water partition coefficient (Wildman–Crippen LogP) is -0.847. The standard InChI is InChI=1S/C8H14N4O3S/c9-6-7-10-11-8(15-7)12-2-1-4-16(13,14)5-3-12/h1-6,9H2. The summed E-state index contributed by atoms with van der Waals surface area (Å²) in [6.07, 6.45) is 0.586. The van der Waals surface area contributed by atoms with Gasteiger partial charge in [-0.15, -0.1) is 5.10 Å². The van der Waals surface area contributed by atoms with Crippen LogP contribution >= 0.6 is 0 Å². The lowest BCUT2D eigenvalue weighted by atomic mass is 10.4. The molecule has 0 saturated carbocycles. The number of sulfone groups is 1. The third-order valence-corrected chi connectivity index (χ3v) is 4.17. The zero-order valence-electron chi connectivity index (χ0n) is 8.79. The molecule has 0 bridgehead atoms. The Kier molecular flexibility index (Phi) is 3.10. The van der Waals surface area contributed by atoms with Gasteiger partial charge in [0.15, 0.2) is 9.84 Å². The Morgan fingerprint density at radius 3 is 2.81 bits per heavy atom. The van der Waals surface area contributed by atoms with Crippen molar-refractivity contribution in [2.75, 3.05) is 29.5 Å². The van der Waals surface area contributed by atoms with Gasteiger partial charge in [-0.2, -0.15) is 0 Å². The largest absolute Gasteiger partial charge is 0.407 e. The molecule has 0 atom stereocenters. The number of nitrogens with zero attached hydrogens (tertiary/aromatic N) is 3. The third kappa shape index (κ3) is 2.50. The minimum absolute atomic E-state index is 0.132. The van der Waals surface area contributed by atoms with Gasteiger partial charge in [0.25, 0.3) is 0 Å². The zero-order chi connectivity index (χ0) is 11.6. The summed E-state index contributed by atoms with van der Waals surface area (Å²) in [6, 6.07) is 0.359. The molecule has 2 rings (SSSR count). The van der Waals surface area contributed by atoms with E-state index in [1.807, 2.05) is 0 Å². The molecular formula is C8H14N4O3S. The van der Waals surface area contributed by atoms with Crippen molar-refractivity contribution in [1.82, 2.24) is 10.2 Å². The molecule has 1 saturated heterocycles. The Labute approximate surface area is 93.5 Å². The zero-order valence-corrected chi connectivity index (χ0v) is 9.61. The van der Waals surface area contributed by atoms with Crippen LogP contribution < -0.4 is 10.6 Å². The molecule has 2 N–H and O–H groups in total. The first-order chi connectivity index (χ1) is 7.61. The molecule has 1 aromatic heterocycles. The molecule has 2 heterocycles. The highest BCUT2D eigenvalue weighted by Gasteiger charge is 2.22. The van der Waals surface area contributed by atoms with Gasteiger partial charge in [-0.05, 0) is 6.42 Å². The van der Waals surface area contributed by atoms with E-state index in [-0.39, 0.29) is 18.1 Å². The van der Waals surface area contributed by atoms with E-state index in [0.29, 0.717) is 31.4 Å². The van der Waals surface area contributed by atoms with Gasteiger partial charge in [-0.25, -0.2) is 8.42 Å². The van der Waals surface area contributed by atoms with E-state index in [1.54, 1.807) is 4.90 Å². The molecule has 0 radical (unpaired) electrons. The smallest absolute Gasteiger partial charge is 0.318 e. The lowest BCUT2D eigenvalue weighted by Gasteiger charge is -2.15. The van der Waals surface area contributed by atoms with Gasteiger partial charge in [0.1, 0.15) is 0 Å². The lowest BCUT2D eigenvalue weighted by molar-refractivity contribution is 0.486. The van der Waals surface area contributed by atoms with E-state index < -0.39 is 9.84 Å². The Hall–Kier alpha value is -1.15. The third-order valence-electron chi connectivity index (χ3n) is 2.46. The number of hydrogen-bond acceptors (Lipinski definition) is 7. The molecule has 0 aliphatic carbocycles. The lowest BCUT2D eigenvalue weighted by Crippen LogP contribution is -2.26. The highest BCUT2D eigenvalue weighted by Crippen LogP contribution is 2.15. The molecule has 90 valence electrons. The second kappa shape index (κ2) is 4.38. The van der Waals surface area contributed by atoms with Crippen LogP contribution in [0, 0.1) is 0 Å². The number of aromatic nitrogens is 2. The summed E-state index contributed by atoms with van der Waals surface area (Å²) in [5.41, 5.74) is 5.36. The van der Waals surface area contributed by atoms with E-state index in [2.05, 4.69) is 10.2 Å². The Balaban J connectivity index is 2.10. The monoisotopic (exact) mass is 246 g/mol. The number of hydrogen-bond donors (Lipinski definition) is 1. The summed E-state index contributed by atoms with van der Waals surface area (Å²) >= 11 is 0. The summed E-state index contributed by atoms with van der Waals surface area (Å²) in [4.78, 5) is 1.79. The van der Waals surface area contributed by atoms with Crippen LogP contribution in [0.1, 0.15) is 12.3 Å². The van der Waals surface area contributed by atoms with Crippen molar-refractivity contribution in [3.05, 3.63) is 5.89 Å². The number of anilines is 1. The van der Waals surface area contributed by atoms with Gasteiger partial charge in [0.05, 0.1) is 18.1 Å². The molecule has 7 nitrogen and oxygen atoms in total. The van der Waals surface area contributed by atoms with E-state index in [9.17, 15) is 8.42 Å². The van der Waals surface area contributed by atoms with Gasteiger partial charge in [0.2, 0.25) is 5.89 Å². The Bertz CT molecular complexity index is 456. The van der Waals surface area contributed by atoms with Crippen LogP contribution in [0.4, 0.5) is 6.01 Å². The van der Waals surface area contributed by atoms with Crippen LogP contribution in [0.25, 0.3) is 0 Å². The first-order valence-electron chi connectivity index (χ1n) is 5.08. The van der Waals surface area contributed by atoms with Gasteiger partial charge >= 0.3 is 6.01 Å². The van der Waals surface area contributed by atoms with E-state index in [0.717, 1.165) is 0 Å². The maximum atomic E-state index is 11.4. The molecular weight excluding hydrogens is 232 g/mol. The van der Waals surface area contributed by atoms with Gasteiger partial charge in [0, 0.05) is 13.1 Å². The molecule has 0 spiro atoms. The van der Waals surface area contributed by atoms with E-state index in [1.165, 1.54) is 0 Å². The van der Waals surface area contributed by atoms with Crippen molar-refractivity contribution in [2.45, 2.75) is 13.0 Å². The summed E-state index contributed by atoms with van der Waals surface area (Å²) < 4.78 is 28.1. The molecule has 8 heteroatoms. The van der Waals surface area contributed by atoms with Crippen LogP contribution in [-0.4, -0.2) is 43.2 Å². The fraction of sp³-hybridized carbons (Fsp3) is 0.750. The molecule has 1 aliphatic rings. The highest BCUT2D eigenvalue weighted by molar-refractivity contribution is 7.91. The van der Waals surface area contributed by atoms with Gasteiger partial charge in [-0.3, -0.25) is 0 Å². The van der Waals surface area contributed by atoms with Crippen LogP contribution in [0.3, 0.4) is 0 Å².